The molecule has 0 aliphatic carbocycles. The van der Waals surface area contributed by atoms with Gasteiger partial charge in [0.05, 0.1) is 18.4 Å². The van der Waals surface area contributed by atoms with Crippen LogP contribution in [0.5, 0.6) is 0 Å². The van der Waals surface area contributed by atoms with Crippen LogP contribution in [0.1, 0.15) is 30.2 Å². The van der Waals surface area contributed by atoms with Gasteiger partial charge >= 0.3 is 0 Å². The van der Waals surface area contributed by atoms with Crippen molar-refractivity contribution in [3.63, 3.8) is 0 Å². The molecular formula is C22H26FN7O. The molecule has 0 spiro atoms. The molecule has 2 aromatic heterocycles. The highest BCUT2D eigenvalue weighted by molar-refractivity contribution is 6.04. The van der Waals surface area contributed by atoms with Gasteiger partial charge in [-0.3, -0.25) is 9.48 Å². The molecule has 3 aromatic rings. The summed E-state index contributed by atoms with van der Waals surface area (Å²) in [4.78, 5) is 25.4. The summed E-state index contributed by atoms with van der Waals surface area (Å²) in [6, 6.07) is 6.16. The number of likely N-dealkylation sites (N-methyl/N-ethyl adjacent to an activating group) is 2. The zero-order valence-corrected chi connectivity index (χ0v) is 18.1. The Morgan fingerprint density at radius 3 is 2.58 bits per heavy atom. The highest BCUT2D eigenvalue weighted by atomic mass is 19.1. The molecule has 0 fully saturated rings. The van der Waals surface area contributed by atoms with Gasteiger partial charge in [0.25, 0.3) is 0 Å². The molecule has 1 aliphatic heterocycles. The molecule has 1 aliphatic rings. The van der Waals surface area contributed by atoms with E-state index in [1.807, 2.05) is 36.7 Å². The van der Waals surface area contributed by atoms with Crippen LogP contribution in [0.15, 0.2) is 36.7 Å². The molecule has 0 saturated heterocycles. The van der Waals surface area contributed by atoms with Crippen LogP contribution in [-0.4, -0.2) is 45.8 Å². The van der Waals surface area contributed by atoms with Gasteiger partial charge in [0, 0.05) is 32.4 Å². The molecule has 3 heterocycles. The van der Waals surface area contributed by atoms with Crippen molar-refractivity contribution in [3.8, 4) is 0 Å². The fourth-order valence-corrected chi connectivity index (χ4v) is 3.91. The van der Waals surface area contributed by atoms with Crippen molar-refractivity contribution in [3.05, 3.63) is 59.3 Å². The van der Waals surface area contributed by atoms with Crippen LogP contribution < -0.4 is 15.1 Å². The van der Waals surface area contributed by atoms with Crippen LogP contribution >= 0.6 is 0 Å². The Balaban J connectivity index is 1.48. The lowest BCUT2D eigenvalue weighted by Gasteiger charge is -2.38. The number of benzene rings is 1. The van der Waals surface area contributed by atoms with Crippen LogP contribution in [0, 0.1) is 12.7 Å². The van der Waals surface area contributed by atoms with E-state index in [-0.39, 0.29) is 17.8 Å². The summed E-state index contributed by atoms with van der Waals surface area (Å²) in [7, 11) is 3.67. The summed E-state index contributed by atoms with van der Waals surface area (Å²) in [6.07, 6.45) is 4.43. The standard InChI is InChI=1S/C22H26FN7O/c1-5-18-21(31)29(4)19-14(2)26-22(27-20(19)28(18)3)24-10-16-11-25-30(13-16)12-15-6-8-17(23)9-7-15/h6-9,11,13,18H,5,10,12H2,1-4H3,(H,24,26,27). The SMILES string of the molecule is CCC1C(=O)N(C)c2c(C)nc(NCc3cnn(Cc4ccc(F)cc4)c3)nc2N1C. The van der Waals surface area contributed by atoms with E-state index in [9.17, 15) is 9.18 Å². The van der Waals surface area contributed by atoms with Crippen molar-refractivity contribution in [2.75, 3.05) is 29.2 Å². The summed E-state index contributed by atoms with van der Waals surface area (Å²) in [5.74, 6) is 1.06. The van der Waals surface area contributed by atoms with Crippen molar-refractivity contribution in [1.29, 1.82) is 0 Å². The Kier molecular flexibility index (Phi) is 5.58. The second-order valence-electron chi connectivity index (χ2n) is 7.76. The van der Waals surface area contributed by atoms with Crippen molar-refractivity contribution >= 4 is 23.4 Å². The first-order chi connectivity index (χ1) is 14.9. The lowest BCUT2D eigenvalue weighted by Crippen LogP contribution is -2.51. The average Bonchev–Trinajstić information content (AvgIpc) is 3.20. The molecule has 1 unspecified atom stereocenters. The van der Waals surface area contributed by atoms with Crippen LogP contribution in [-0.2, 0) is 17.9 Å². The summed E-state index contributed by atoms with van der Waals surface area (Å²) >= 11 is 0. The number of hydrogen-bond donors (Lipinski definition) is 1. The predicted molar refractivity (Wildman–Crippen MR) is 118 cm³/mol. The van der Waals surface area contributed by atoms with E-state index < -0.39 is 0 Å². The molecule has 1 N–H and O–H groups in total. The molecular weight excluding hydrogens is 397 g/mol. The Morgan fingerprint density at radius 1 is 1.13 bits per heavy atom. The van der Waals surface area contributed by atoms with Gasteiger partial charge in [0.1, 0.15) is 17.5 Å². The zero-order valence-electron chi connectivity index (χ0n) is 18.1. The number of hydrogen-bond acceptors (Lipinski definition) is 6. The van der Waals surface area contributed by atoms with E-state index in [4.69, 9.17) is 0 Å². The van der Waals surface area contributed by atoms with E-state index in [1.54, 1.807) is 30.3 Å². The number of anilines is 3. The minimum Gasteiger partial charge on any atom is -0.350 e. The third-order valence-corrected chi connectivity index (χ3v) is 5.57. The fraction of sp³-hybridized carbons (Fsp3) is 0.364. The van der Waals surface area contributed by atoms with Crippen molar-refractivity contribution in [2.24, 2.45) is 0 Å². The highest BCUT2D eigenvalue weighted by Crippen LogP contribution is 2.36. The van der Waals surface area contributed by atoms with Crippen molar-refractivity contribution < 1.29 is 9.18 Å². The van der Waals surface area contributed by atoms with Gasteiger partial charge in [-0.15, -0.1) is 0 Å². The number of rotatable bonds is 6. The summed E-state index contributed by atoms with van der Waals surface area (Å²) in [6.45, 7) is 4.96. The molecule has 9 heteroatoms. The number of carbonyl (C=O) groups is 1. The number of nitrogens with zero attached hydrogens (tertiary/aromatic N) is 6. The molecule has 0 radical (unpaired) electrons. The largest absolute Gasteiger partial charge is 0.350 e. The van der Waals surface area contributed by atoms with Gasteiger partial charge in [0.15, 0.2) is 5.82 Å². The van der Waals surface area contributed by atoms with Gasteiger partial charge in [-0.05, 0) is 31.0 Å². The van der Waals surface area contributed by atoms with E-state index >= 15 is 0 Å². The molecule has 8 nitrogen and oxygen atoms in total. The highest BCUT2D eigenvalue weighted by Gasteiger charge is 2.36. The lowest BCUT2D eigenvalue weighted by atomic mass is 10.1. The fourth-order valence-electron chi connectivity index (χ4n) is 3.91. The average molecular weight is 423 g/mol. The van der Waals surface area contributed by atoms with E-state index in [0.717, 1.165) is 28.3 Å². The van der Waals surface area contributed by atoms with Crippen LogP contribution in [0.2, 0.25) is 0 Å². The Labute approximate surface area is 180 Å². The van der Waals surface area contributed by atoms with Gasteiger partial charge in [-0.25, -0.2) is 9.37 Å². The second-order valence-corrected chi connectivity index (χ2v) is 7.76. The van der Waals surface area contributed by atoms with Crippen LogP contribution in [0.25, 0.3) is 0 Å². The Bertz CT molecular complexity index is 1100. The number of aryl methyl sites for hydroxylation is 1. The quantitative estimate of drug-likeness (QED) is 0.657. The van der Waals surface area contributed by atoms with Gasteiger partial charge in [-0.1, -0.05) is 19.1 Å². The molecule has 0 bridgehead atoms. The smallest absolute Gasteiger partial charge is 0.249 e. The Hall–Kier alpha value is -3.49. The van der Waals surface area contributed by atoms with Crippen molar-refractivity contribution in [1.82, 2.24) is 19.7 Å². The topological polar surface area (TPSA) is 79.2 Å². The summed E-state index contributed by atoms with van der Waals surface area (Å²) in [5, 5.41) is 7.64. The number of nitrogens with one attached hydrogen (secondary N) is 1. The molecule has 31 heavy (non-hydrogen) atoms. The number of fused-ring (bicyclic) bond motifs is 1. The molecule has 162 valence electrons. The van der Waals surface area contributed by atoms with Crippen LogP contribution in [0.3, 0.4) is 0 Å². The number of aromatic nitrogens is 4. The maximum absolute atomic E-state index is 13.1. The molecule has 0 saturated carbocycles. The van der Waals surface area contributed by atoms with Crippen LogP contribution in [0.4, 0.5) is 21.8 Å². The molecule has 1 aromatic carbocycles. The van der Waals surface area contributed by atoms with Gasteiger partial charge in [-0.2, -0.15) is 10.1 Å². The Morgan fingerprint density at radius 2 is 1.87 bits per heavy atom. The van der Waals surface area contributed by atoms with Gasteiger partial charge < -0.3 is 15.1 Å². The van der Waals surface area contributed by atoms with E-state index in [1.165, 1.54) is 12.1 Å². The minimum atomic E-state index is -0.249. The minimum absolute atomic E-state index is 0.0541. The van der Waals surface area contributed by atoms with Gasteiger partial charge in [0.2, 0.25) is 11.9 Å². The maximum Gasteiger partial charge on any atom is 0.249 e. The lowest BCUT2D eigenvalue weighted by molar-refractivity contribution is -0.119. The predicted octanol–water partition coefficient (Wildman–Crippen LogP) is 2.97. The van der Waals surface area contributed by atoms with E-state index in [0.29, 0.717) is 25.5 Å². The van der Waals surface area contributed by atoms with E-state index in [2.05, 4.69) is 20.4 Å². The first kappa shape index (κ1) is 20.8. The number of carbonyl (C=O) groups excluding carboxylic acids is 1. The first-order valence-electron chi connectivity index (χ1n) is 10.3. The third kappa shape index (κ3) is 4.08. The van der Waals surface area contributed by atoms with Crippen molar-refractivity contribution in [2.45, 2.75) is 39.4 Å². The monoisotopic (exact) mass is 423 g/mol. The molecule has 1 atom stereocenters. The second kappa shape index (κ2) is 8.33. The number of halogens is 1. The molecule has 4 rings (SSSR count). The first-order valence-corrected chi connectivity index (χ1v) is 10.3. The number of amides is 1. The normalized spacial score (nSPS) is 15.9. The summed E-state index contributed by atoms with van der Waals surface area (Å²) in [5.41, 5.74) is 3.45. The maximum atomic E-state index is 13.1. The summed E-state index contributed by atoms with van der Waals surface area (Å²) < 4.78 is 14.9. The zero-order chi connectivity index (χ0) is 22.1. The molecule has 1 amide bonds. The third-order valence-electron chi connectivity index (χ3n) is 5.57.